The summed E-state index contributed by atoms with van der Waals surface area (Å²) in [5, 5.41) is 0. The number of hydrogen-bond donors (Lipinski definition) is 0. The number of carbonyl (C=O) groups excluding carboxylic acids is 1. The predicted octanol–water partition coefficient (Wildman–Crippen LogP) is 2.66. The fourth-order valence-electron chi connectivity index (χ4n) is 0.513. The lowest BCUT2D eigenvalue weighted by Gasteiger charge is -2.02. The van der Waals surface area contributed by atoms with E-state index in [1.807, 2.05) is 0 Å². The molecule has 0 aromatic carbocycles. The molecule has 0 N–H and O–H groups in total. The molecule has 0 heterocycles. The van der Waals surface area contributed by atoms with Crippen LogP contribution in [-0.4, -0.2) is 17.5 Å². The molecule has 0 aliphatic carbocycles. The molecule has 4 heteroatoms. The van der Waals surface area contributed by atoms with Gasteiger partial charge in [0.15, 0.2) is 23.0 Å². The van der Waals surface area contributed by atoms with E-state index in [9.17, 15) is 4.79 Å². The van der Waals surface area contributed by atoms with Gasteiger partial charge in [-0.25, -0.2) is 0 Å². The smallest absolute Gasteiger partial charge is 0.316 e. The molecule has 0 saturated heterocycles. The molecule has 2 nitrogen and oxygen atoms in total. The van der Waals surface area contributed by atoms with Gasteiger partial charge in [0.2, 0.25) is 0 Å². The van der Waals surface area contributed by atoms with Crippen LogP contribution in [0.5, 0.6) is 0 Å². The summed E-state index contributed by atoms with van der Waals surface area (Å²) in [5.41, 5.74) is 0. The van der Waals surface area contributed by atoms with Crippen molar-refractivity contribution in [1.29, 1.82) is 0 Å². The highest BCUT2D eigenvalue weighted by Gasteiger charge is 2.00. The van der Waals surface area contributed by atoms with E-state index in [0.29, 0.717) is 12.3 Å². The van der Waals surface area contributed by atoms with Crippen LogP contribution in [0.3, 0.4) is 0 Å². The van der Waals surface area contributed by atoms with Crippen molar-refractivity contribution in [3.05, 3.63) is 0 Å². The Morgan fingerprint density at radius 3 is 2.73 bits per heavy atom. The molecule has 0 atom stereocenters. The monoisotopic (exact) mass is 288 g/mol. The largest absolute Gasteiger partial charge is 0.394 e. The summed E-state index contributed by atoms with van der Waals surface area (Å²) in [7, 11) is 0. The number of thioether (sulfide) groups is 1. The zero-order chi connectivity index (χ0) is 8.69. The quantitative estimate of drug-likeness (QED) is 0.574. The Kier molecular flexibility index (Phi) is 7.57. The minimum atomic E-state index is -0.123. The van der Waals surface area contributed by atoms with Crippen LogP contribution in [-0.2, 0) is 7.86 Å². The highest BCUT2D eigenvalue weighted by atomic mass is 127. The average Bonchev–Trinajstić information content (AvgIpc) is 1.97. The summed E-state index contributed by atoms with van der Waals surface area (Å²) in [6.07, 6.45) is 0.528. The summed E-state index contributed by atoms with van der Waals surface area (Å²) >= 11 is 3.42. The Balaban J connectivity index is 3.08. The van der Waals surface area contributed by atoms with Gasteiger partial charge in [0.1, 0.15) is 0 Å². The number of carbonyl (C=O) groups is 1. The molecule has 0 amide bonds. The molecule has 0 bridgehead atoms. The van der Waals surface area contributed by atoms with E-state index < -0.39 is 0 Å². The molecule has 0 saturated carbocycles. The van der Waals surface area contributed by atoms with Crippen LogP contribution in [0.15, 0.2) is 0 Å². The third-order valence-corrected chi connectivity index (χ3v) is 2.87. The molecule has 0 radical (unpaired) electrons. The molecule has 0 fully saturated rings. The van der Waals surface area contributed by atoms with Crippen LogP contribution in [0.4, 0.5) is 0 Å². The third kappa shape index (κ3) is 8.46. The summed E-state index contributed by atoms with van der Waals surface area (Å²) in [5.74, 6) is 2.58. The normalized spacial score (nSPS) is 10.2. The van der Waals surface area contributed by atoms with Crippen LogP contribution in [0, 0.1) is 5.92 Å². The van der Waals surface area contributed by atoms with Crippen molar-refractivity contribution in [3.63, 3.8) is 0 Å². The average molecular weight is 288 g/mol. The van der Waals surface area contributed by atoms with E-state index in [0.717, 1.165) is 11.5 Å². The summed E-state index contributed by atoms with van der Waals surface area (Å²) in [4.78, 5) is 10.6. The van der Waals surface area contributed by atoms with E-state index in [1.54, 1.807) is 34.8 Å². The predicted molar refractivity (Wildman–Crippen MR) is 56.9 cm³/mol. The van der Waals surface area contributed by atoms with Gasteiger partial charge in [0.25, 0.3) is 0 Å². The van der Waals surface area contributed by atoms with E-state index in [4.69, 9.17) is 0 Å². The third-order valence-electron chi connectivity index (χ3n) is 0.988. The fourth-order valence-corrected chi connectivity index (χ4v) is 1.68. The SMILES string of the molecule is CC(C)CSCCC(=O)OI. The first kappa shape index (κ1) is 11.6. The topological polar surface area (TPSA) is 26.3 Å². The second-order valence-corrected chi connectivity index (χ2v) is 4.26. The van der Waals surface area contributed by atoms with Gasteiger partial charge in [-0.2, -0.15) is 11.8 Å². The summed E-state index contributed by atoms with van der Waals surface area (Å²) in [6.45, 7) is 4.34. The minimum Gasteiger partial charge on any atom is -0.394 e. The van der Waals surface area contributed by atoms with Crippen LogP contribution in [0.25, 0.3) is 0 Å². The van der Waals surface area contributed by atoms with Gasteiger partial charge in [-0.05, 0) is 11.7 Å². The Labute approximate surface area is 86.1 Å². The molecule has 0 aliphatic heterocycles. The first-order chi connectivity index (χ1) is 5.16. The van der Waals surface area contributed by atoms with Gasteiger partial charge in [-0.15, -0.1) is 0 Å². The molecule has 0 aliphatic rings. The molecule has 0 spiro atoms. The van der Waals surface area contributed by atoms with Crippen molar-refractivity contribution in [2.75, 3.05) is 11.5 Å². The molecule has 0 aromatic heterocycles. The standard InChI is InChI=1S/C7H13IO2S/c1-6(2)5-11-4-3-7(9)10-8/h6H,3-5H2,1-2H3. The maximum absolute atomic E-state index is 10.6. The molecule has 66 valence electrons. The Morgan fingerprint density at radius 1 is 1.64 bits per heavy atom. The van der Waals surface area contributed by atoms with Gasteiger partial charge in [-0.3, -0.25) is 4.79 Å². The van der Waals surface area contributed by atoms with Crippen molar-refractivity contribution in [3.8, 4) is 0 Å². The lowest BCUT2D eigenvalue weighted by molar-refractivity contribution is -0.130. The van der Waals surface area contributed by atoms with Crippen molar-refractivity contribution in [2.45, 2.75) is 20.3 Å². The van der Waals surface area contributed by atoms with Crippen molar-refractivity contribution in [1.82, 2.24) is 0 Å². The second-order valence-electron chi connectivity index (χ2n) is 2.67. The highest BCUT2D eigenvalue weighted by Crippen LogP contribution is 2.09. The van der Waals surface area contributed by atoms with Crippen molar-refractivity contribution in [2.24, 2.45) is 5.92 Å². The van der Waals surface area contributed by atoms with Crippen LogP contribution in [0.2, 0.25) is 0 Å². The molecular formula is C7H13IO2S. The highest BCUT2D eigenvalue weighted by molar-refractivity contribution is 14.1. The van der Waals surface area contributed by atoms with Gasteiger partial charge in [0.05, 0.1) is 6.42 Å². The first-order valence-electron chi connectivity index (χ1n) is 3.56. The van der Waals surface area contributed by atoms with E-state index in [1.165, 1.54) is 0 Å². The number of halogens is 1. The summed E-state index contributed by atoms with van der Waals surface area (Å²) < 4.78 is 4.47. The van der Waals surface area contributed by atoms with E-state index in [2.05, 4.69) is 16.9 Å². The lowest BCUT2D eigenvalue weighted by Crippen LogP contribution is -1.99. The Hall–Kier alpha value is 0.550. The molecular weight excluding hydrogens is 275 g/mol. The van der Waals surface area contributed by atoms with E-state index >= 15 is 0 Å². The van der Waals surface area contributed by atoms with Gasteiger partial charge >= 0.3 is 5.97 Å². The van der Waals surface area contributed by atoms with E-state index in [-0.39, 0.29) is 5.97 Å². The Bertz CT molecular complexity index is 117. The first-order valence-corrected chi connectivity index (χ1v) is 5.59. The van der Waals surface area contributed by atoms with Gasteiger partial charge in [0, 0.05) is 5.75 Å². The zero-order valence-electron chi connectivity index (χ0n) is 6.80. The van der Waals surface area contributed by atoms with Gasteiger partial charge in [-0.1, -0.05) is 13.8 Å². The Morgan fingerprint density at radius 2 is 2.27 bits per heavy atom. The van der Waals surface area contributed by atoms with Gasteiger partial charge < -0.3 is 3.07 Å². The van der Waals surface area contributed by atoms with Crippen LogP contribution < -0.4 is 0 Å². The number of hydrogen-bond acceptors (Lipinski definition) is 3. The molecule has 0 unspecified atom stereocenters. The molecule has 11 heavy (non-hydrogen) atoms. The molecule has 0 rings (SSSR count). The van der Waals surface area contributed by atoms with Crippen molar-refractivity contribution >= 4 is 40.7 Å². The molecule has 0 aromatic rings. The lowest BCUT2D eigenvalue weighted by atomic mass is 10.3. The van der Waals surface area contributed by atoms with Crippen molar-refractivity contribution < 1.29 is 7.86 Å². The zero-order valence-corrected chi connectivity index (χ0v) is 9.78. The fraction of sp³-hybridized carbons (Fsp3) is 0.857. The maximum Gasteiger partial charge on any atom is 0.316 e. The number of rotatable bonds is 5. The van der Waals surface area contributed by atoms with Crippen LogP contribution >= 0.6 is 34.8 Å². The second kappa shape index (κ2) is 7.21. The summed E-state index contributed by atoms with van der Waals surface area (Å²) in [6, 6.07) is 0. The minimum absolute atomic E-state index is 0.123. The van der Waals surface area contributed by atoms with Crippen LogP contribution in [0.1, 0.15) is 20.3 Å². The maximum atomic E-state index is 10.6.